The molecule has 2 aromatic heterocycles. The summed E-state index contributed by atoms with van der Waals surface area (Å²) in [5, 5.41) is 8.07. The monoisotopic (exact) mass is 382 g/mol. The summed E-state index contributed by atoms with van der Waals surface area (Å²) in [6.07, 6.45) is 1.34. The smallest absolute Gasteiger partial charge is 0.241 e. The molecule has 0 aliphatic heterocycles. The SMILES string of the molecule is Nc1nc2ccccc2n1-c1ncnc(Nc2ccc(S(N)(=O)=O)cc2)n1. The first-order valence-electron chi connectivity index (χ1n) is 7.74. The topological polar surface area (TPSA) is 155 Å². The van der Waals surface area contributed by atoms with Crippen molar-refractivity contribution in [3.63, 3.8) is 0 Å². The van der Waals surface area contributed by atoms with Crippen LogP contribution in [-0.4, -0.2) is 32.9 Å². The van der Waals surface area contributed by atoms with Crippen LogP contribution in [0.3, 0.4) is 0 Å². The van der Waals surface area contributed by atoms with Crippen LogP contribution in [-0.2, 0) is 10.0 Å². The van der Waals surface area contributed by atoms with E-state index in [0.29, 0.717) is 11.6 Å². The Morgan fingerprint density at radius 2 is 1.70 bits per heavy atom. The Labute approximate surface area is 154 Å². The van der Waals surface area contributed by atoms with Crippen molar-refractivity contribution in [2.75, 3.05) is 11.1 Å². The van der Waals surface area contributed by atoms with E-state index in [0.717, 1.165) is 11.0 Å². The second-order valence-corrected chi connectivity index (χ2v) is 7.16. The lowest BCUT2D eigenvalue weighted by molar-refractivity contribution is 0.598. The number of anilines is 3. The summed E-state index contributed by atoms with van der Waals surface area (Å²) in [5.74, 6) is 0.825. The summed E-state index contributed by atoms with van der Waals surface area (Å²) in [6, 6.07) is 13.3. The van der Waals surface area contributed by atoms with Crippen molar-refractivity contribution in [1.82, 2.24) is 24.5 Å². The Morgan fingerprint density at radius 3 is 2.44 bits per heavy atom. The maximum Gasteiger partial charge on any atom is 0.241 e. The second kappa shape index (κ2) is 6.30. The lowest BCUT2D eigenvalue weighted by Crippen LogP contribution is -2.12. The molecule has 0 radical (unpaired) electrons. The lowest BCUT2D eigenvalue weighted by atomic mass is 10.3. The molecule has 27 heavy (non-hydrogen) atoms. The minimum absolute atomic E-state index is 0.0158. The zero-order chi connectivity index (χ0) is 19.0. The van der Waals surface area contributed by atoms with E-state index < -0.39 is 10.0 Å². The van der Waals surface area contributed by atoms with Gasteiger partial charge in [-0.2, -0.15) is 4.98 Å². The van der Waals surface area contributed by atoms with Gasteiger partial charge >= 0.3 is 0 Å². The molecule has 0 aliphatic rings. The van der Waals surface area contributed by atoms with E-state index in [1.54, 1.807) is 16.7 Å². The van der Waals surface area contributed by atoms with Gasteiger partial charge in [-0.3, -0.25) is 0 Å². The molecule has 0 aliphatic carbocycles. The van der Waals surface area contributed by atoms with Gasteiger partial charge in [0.2, 0.25) is 27.9 Å². The van der Waals surface area contributed by atoms with Crippen molar-refractivity contribution in [2.45, 2.75) is 4.90 Å². The highest BCUT2D eigenvalue weighted by atomic mass is 32.2. The average molecular weight is 382 g/mol. The maximum absolute atomic E-state index is 11.3. The van der Waals surface area contributed by atoms with E-state index in [4.69, 9.17) is 10.9 Å². The molecule has 2 heterocycles. The second-order valence-electron chi connectivity index (χ2n) is 5.60. The summed E-state index contributed by atoms with van der Waals surface area (Å²) in [4.78, 5) is 16.9. The number of hydrogen-bond acceptors (Lipinski definition) is 8. The number of nitrogen functional groups attached to an aromatic ring is 1. The number of para-hydroxylation sites is 2. The molecule has 0 unspecified atom stereocenters. The summed E-state index contributed by atoms with van der Waals surface area (Å²) in [7, 11) is -3.75. The van der Waals surface area contributed by atoms with Gasteiger partial charge in [0.25, 0.3) is 0 Å². The van der Waals surface area contributed by atoms with Gasteiger partial charge in [0.05, 0.1) is 15.9 Å². The highest BCUT2D eigenvalue weighted by molar-refractivity contribution is 7.89. The number of nitrogens with zero attached hydrogens (tertiary/aromatic N) is 5. The number of sulfonamides is 1. The number of hydrogen-bond donors (Lipinski definition) is 3. The van der Waals surface area contributed by atoms with Crippen LogP contribution < -0.4 is 16.2 Å². The van der Waals surface area contributed by atoms with Crippen molar-refractivity contribution >= 4 is 38.6 Å². The molecule has 0 saturated carbocycles. The maximum atomic E-state index is 11.3. The molecule has 0 amide bonds. The van der Waals surface area contributed by atoms with Crippen LogP contribution in [0.2, 0.25) is 0 Å². The minimum atomic E-state index is -3.75. The predicted octanol–water partition coefficient (Wildman–Crippen LogP) is 1.18. The van der Waals surface area contributed by atoms with E-state index in [9.17, 15) is 8.42 Å². The Kier molecular flexibility index (Phi) is 3.94. The summed E-state index contributed by atoms with van der Waals surface area (Å²) < 4.78 is 24.3. The molecule has 5 N–H and O–H groups in total. The van der Waals surface area contributed by atoms with E-state index in [2.05, 4.69) is 25.3 Å². The Hall–Kier alpha value is -3.57. The molecule has 0 bridgehead atoms. The Balaban J connectivity index is 1.68. The van der Waals surface area contributed by atoms with Gasteiger partial charge in [0, 0.05) is 5.69 Å². The molecule has 0 spiro atoms. The minimum Gasteiger partial charge on any atom is -0.369 e. The highest BCUT2D eigenvalue weighted by Crippen LogP contribution is 2.21. The predicted molar refractivity (Wildman–Crippen MR) is 100.0 cm³/mol. The summed E-state index contributed by atoms with van der Waals surface area (Å²) >= 11 is 0. The zero-order valence-electron chi connectivity index (χ0n) is 13.8. The normalized spacial score (nSPS) is 11.6. The van der Waals surface area contributed by atoms with Crippen LogP contribution in [0, 0.1) is 0 Å². The van der Waals surface area contributed by atoms with Gasteiger partial charge in [-0.25, -0.2) is 33.1 Å². The molecule has 11 heteroatoms. The first-order valence-corrected chi connectivity index (χ1v) is 9.29. The third-order valence-electron chi connectivity index (χ3n) is 3.78. The highest BCUT2D eigenvalue weighted by Gasteiger charge is 2.13. The molecule has 0 saturated heterocycles. The van der Waals surface area contributed by atoms with Gasteiger partial charge in [-0.15, -0.1) is 0 Å². The molecule has 4 aromatic rings. The Bertz CT molecular complexity index is 1240. The van der Waals surface area contributed by atoms with E-state index in [1.165, 1.54) is 18.5 Å². The zero-order valence-corrected chi connectivity index (χ0v) is 14.6. The van der Waals surface area contributed by atoms with Gasteiger partial charge in [0.15, 0.2) is 0 Å². The number of aromatic nitrogens is 5. The number of fused-ring (bicyclic) bond motifs is 1. The van der Waals surface area contributed by atoms with Crippen LogP contribution in [0.15, 0.2) is 59.8 Å². The molecular weight excluding hydrogens is 368 g/mol. The fourth-order valence-electron chi connectivity index (χ4n) is 2.57. The first-order chi connectivity index (χ1) is 12.9. The van der Waals surface area contributed by atoms with E-state index in [-0.39, 0.29) is 16.8 Å². The third kappa shape index (κ3) is 3.28. The fourth-order valence-corrected chi connectivity index (χ4v) is 3.08. The molecule has 10 nitrogen and oxygen atoms in total. The standard InChI is InChI=1S/C16H14N8O2S/c17-14-22-12-3-1-2-4-13(12)24(14)16-20-9-19-15(23-16)21-10-5-7-11(8-6-10)27(18,25)26/h1-9H,(H2,17,22)(H2,18,25,26)(H,19,20,21,23). The molecule has 136 valence electrons. The number of rotatable bonds is 4. The lowest BCUT2D eigenvalue weighted by Gasteiger charge is -2.08. The number of benzene rings is 2. The van der Waals surface area contributed by atoms with Crippen molar-refractivity contribution in [3.05, 3.63) is 54.9 Å². The van der Waals surface area contributed by atoms with Gasteiger partial charge in [-0.05, 0) is 36.4 Å². The van der Waals surface area contributed by atoms with Crippen molar-refractivity contribution in [1.29, 1.82) is 0 Å². The fraction of sp³-hybridized carbons (Fsp3) is 0. The van der Waals surface area contributed by atoms with Gasteiger partial charge in [0.1, 0.15) is 6.33 Å². The van der Waals surface area contributed by atoms with Gasteiger partial charge < -0.3 is 11.1 Å². The number of nitrogens with two attached hydrogens (primary N) is 2. The van der Waals surface area contributed by atoms with Crippen LogP contribution >= 0.6 is 0 Å². The summed E-state index contributed by atoms with van der Waals surface area (Å²) in [6.45, 7) is 0. The van der Waals surface area contributed by atoms with E-state index >= 15 is 0 Å². The molecular formula is C16H14N8O2S. The van der Waals surface area contributed by atoms with Crippen molar-refractivity contribution in [3.8, 4) is 5.95 Å². The molecule has 0 atom stereocenters. The summed E-state index contributed by atoms with van der Waals surface area (Å²) in [5.41, 5.74) is 8.09. The van der Waals surface area contributed by atoms with Crippen molar-refractivity contribution < 1.29 is 8.42 Å². The van der Waals surface area contributed by atoms with Crippen LogP contribution in [0.25, 0.3) is 17.0 Å². The van der Waals surface area contributed by atoms with Crippen molar-refractivity contribution in [2.24, 2.45) is 5.14 Å². The molecule has 4 rings (SSSR count). The number of primary sulfonamides is 1. The molecule has 0 fully saturated rings. The van der Waals surface area contributed by atoms with Crippen LogP contribution in [0.4, 0.5) is 17.6 Å². The van der Waals surface area contributed by atoms with E-state index in [1.807, 2.05) is 24.3 Å². The third-order valence-corrected chi connectivity index (χ3v) is 4.71. The van der Waals surface area contributed by atoms with Crippen LogP contribution in [0.1, 0.15) is 0 Å². The molecule has 2 aromatic carbocycles. The van der Waals surface area contributed by atoms with Crippen LogP contribution in [0.5, 0.6) is 0 Å². The first kappa shape index (κ1) is 16.9. The van der Waals surface area contributed by atoms with Gasteiger partial charge in [-0.1, -0.05) is 12.1 Å². The Morgan fingerprint density at radius 1 is 0.963 bits per heavy atom. The quantitative estimate of drug-likeness (QED) is 0.475. The number of nitrogens with one attached hydrogen (secondary N) is 1. The number of imidazole rings is 1. The largest absolute Gasteiger partial charge is 0.369 e. The average Bonchev–Trinajstić information content (AvgIpc) is 2.97.